The molecule has 3 aliphatic rings. The summed E-state index contributed by atoms with van der Waals surface area (Å²) in [5.41, 5.74) is 0. The van der Waals surface area contributed by atoms with Gasteiger partial charge in [0.1, 0.15) is 0 Å². The van der Waals surface area contributed by atoms with Crippen molar-refractivity contribution >= 4 is 11.8 Å². The third-order valence-corrected chi connectivity index (χ3v) is 6.11. The lowest BCUT2D eigenvalue weighted by atomic mass is 9.91. The van der Waals surface area contributed by atoms with Crippen molar-refractivity contribution in [2.75, 3.05) is 39.4 Å². The largest absolute Gasteiger partial charge is 0.381 e. The highest BCUT2D eigenvalue weighted by Crippen LogP contribution is 2.30. The standard InChI is InChI=1S/C20H30N4O4/c1-14(25)23-7-4-15(5-8-23)10-19(26)24-11-17(12-24)20-21-18(22-28-20)6-9-27-13-16-2-3-16/h15-17H,2-13H2,1H3. The summed E-state index contributed by atoms with van der Waals surface area (Å²) >= 11 is 0. The van der Waals surface area contributed by atoms with Crippen LogP contribution in [0.3, 0.4) is 0 Å². The molecule has 2 saturated heterocycles. The molecule has 1 saturated carbocycles. The first kappa shape index (κ1) is 19.4. The molecule has 8 heteroatoms. The Balaban J connectivity index is 1.14. The van der Waals surface area contributed by atoms with E-state index < -0.39 is 0 Å². The maximum atomic E-state index is 12.5. The van der Waals surface area contributed by atoms with Crippen LogP contribution in [-0.4, -0.2) is 71.1 Å². The molecule has 0 spiro atoms. The number of rotatable bonds is 8. The van der Waals surface area contributed by atoms with Gasteiger partial charge in [0, 0.05) is 52.6 Å². The zero-order valence-electron chi connectivity index (χ0n) is 16.6. The summed E-state index contributed by atoms with van der Waals surface area (Å²) < 4.78 is 11.0. The highest BCUT2D eigenvalue weighted by atomic mass is 16.5. The number of hydrogen-bond acceptors (Lipinski definition) is 6. The lowest BCUT2D eigenvalue weighted by Gasteiger charge is -2.39. The maximum Gasteiger partial charge on any atom is 0.233 e. The smallest absolute Gasteiger partial charge is 0.233 e. The summed E-state index contributed by atoms with van der Waals surface area (Å²) in [7, 11) is 0. The molecule has 2 amide bonds. The molecule has 28 heavy (non-hydrogen) atoms. The van der Waals surface area contributed by atoms with Gasteiger partial charge < -0.3 is 19.1 Å². The van der Waals surface area contributed by atoms with Gasteiger partial charge in [-0.25, -0.2) is 0 Å². The van der Waals surface area contributed by atoms with E-state index in [2.05, 4.69) is 10.1 Å². The second-order valence-corrected chi connectivity index (χ2v) is 8.47. The fourth-order valence-electron chi connectivity index (χ4n) is 3.90. The van der Waals surface area contributed by atoms with Gasteiger partial charge in [0.25, 0.3) is 0 Å². The number of likely N-dealkylation sites (tertiary alicyclic amines) is 2. The molecule has 4 rings (SSSR count). The van der Waals surface area contributed by atoms with E-state index in [1.54, 1.807) is 6.92 Å². The number of hydrogen-bond donors (Lipinski definition) is 0. The molecule has 1 aliphatic carbocycles. The molecule has 3 fully saturated rings. The van der Waals surface area contributed by atoms with Gasteiger partial charge in [-0.2, -0.15) is 4.98 Å². The first-order valence-corrected chi connectivity index (χ1v) is 10.5. The fourth-order valence-corrected chi connectivity index (χ4v) is 3.90. The molecule has 1 aromatic heterocycles. The van der Waals surface area contributed by atoms with Crippen molar-refractivity contribution < 1.29 is 18.8 Å². The van der Waals surface area contributed by atoms with Crippen LogP contribution in [0, 0.1) is 11.8 Å². The van der Waals surface area contributed by atoms with Gasteiger partial charge in [-0.05, 0) is 37.5 Å². The number of amides is 2. The van der Waals surface area contributed by atoms with Crippen molar-refractivity contribution in [2.24, 2.45) is 11.8 Å². The zero-order chi connectivity index (χ0) is 19.5. The van der Waals surface area contributed by atoms with E-state index in [0.29, 0.717) is 50.2 Å². The van der Waals surface area contributed by atoms with Gasteiger partial charge in [-0.1, -0.05) is 5.16 Å². The normalized spacial score (nSPS) is 21.0. The minimum Gasteiger partial charge on any atom is -0.381 e. The minimum absolute atomic E-state index is 0.128. The Hall–Kier alpha value is -1.96. The highest BCUT2D eigenvalue weighted by molar-refractivity contribution is 5.77. The SMILES string of the molecule is CC(=O)N1CCC(CC(=O)N2CC(c3nc(CCOCC4CC4)no3)C2)CC1. The van der Waals surface area contributed by atoms with E-state index in [9.17, 15) is 9.59 Å². The highest BCUT2D eigenvalue weighted by Gasteiger charge is 2.36. The van der Waals surface area contributed by atoms with Gasteiger partial charge in [-0.15, -0.1) is 0 Å². The molecule has 2 aliphatic heterocycles. The zero-order valence-corrected chi connectivity index (χ0v) is 16.6. The van der Waals surface area contributed by atoms with Crippen LogP contribution >= 0.6 is 0 Å². The number of aromatic nitrogens is 2. The van der Waals surface area contributed by atoms with Crippen LogP contribution in [-0.2, 0) is 20.7 Å². The Morgan fingerprint density at radius 1 is 1.11 bits per heavy atom. The van der Waals surface area contributed by atoms with Crippen LogP contribution in [0.1, 0.15) is 56.7 Å². The molecule has 0 atom stereocenters. The van der Waals surface area contributed by atoms with Crippen LogP contribution in [0.15, 0.2) is 4.52 Å². The van der Waals surface area contributed by atoms with Crippen molar-refractivity contribution in [3.8, 4) is 0 Å². The molecule has 0 N–H and O–H groups in total. The Labute approximate surface area is 165 Å². The van der Waals surface area contributed by atoms with E-state index in [4.69, 9.17) is 9.26 Å². The lowest BCUT2D eigenvalue weighted by Crippen LogP contribution is -2.49. The average molecular weight is 390 g/mol. The molecular weight excluding hydrogens is 360 g/mol. The number of piperidine rings is 1. The van der Waals surface area contributed by atoms with E-state index in [-0.39, 0.29) is 17.7 Å². The molecule has 0 unspecified atom stereocenters. The topological polar surface area (TPSA) is 88.8 Å². The van der Waals surface area contributed by atoms with E-state index in [1.807, 2.05) is 9.80 Å². The van der Waals surface area contributed by atoms with Gasteiger partial charge in [0.15, 0.2) is 5.82 Å². The second kappa shape index (κ2) is 8.59. The van der Waals surface area contributed by atoms with Crippen molar-refractivity contribution in [1.82, 2.24) is 19.9 Å². The molecule has 154 valence electrons. The quantitative estimate of drug-likeness (QED) is 0.627. The third kappa shape index (κ3) is 4.90. The van der Waals surface area contributed by atoms with Gasteiger partial charge in [0.2, 0.25) is 17.7 Å². The van der Waals surface area contributed by atoms with Gasteiger partial charge in [-0.3, -0.25) is 9.59 Å². The first-order chi connectivity index (χ1) is 13.6. The molecule has 0 bridgehead atoms. The van der Waals surface area contributed by atoms with Crippen molar-refractivity contribution in [3.63, 3.8) is 0 Å². The fraction of sp³-hybridized carbons (Fsp3) is 0.800. The third-order valence-electron chi connectivity index (χ3n) is 6.11. The molecule has 0 radical (unpaired) electrons. The van der Waals surface area contributed by atoms with Crippen LogP contribution in [0.25, 0.3) is 0 Å². The van der Waals surface area contributed by atoms with Crippen LogP contribution in [0.5, 0.6) is 0 Å². The minimum atomic E-state index is 0.128. The number of nitrogens with zero attached hydrogens (tertiary/aromatic N) is 4. The van der Waals surface area contributed by atoms with Crippen LogP contribution in [0.4, 0.5) is 0 Å². The lowest BCUT2D eigenvalue weighted by molar-refractivity contribution is -0.137. The Morgan fingerprint density at radius 2 is 1.86 bits per heavy atom. The van der Waals surface area contributed by atoms with E-state index in [1.165, 1.54) is 12.8 Å². The first-order valence-electron chi connectivity index (χ1n) is 10.5. The Morgan fingerprint density at radius 3 is 2.54 bits per heavy atom. The molecule has 3 heterocycles. The summed E-state index contributed by atoms with van der Waals surface area (Å²) in [6.45, 7) is 5.94. The van der Waals surface area contributed by atoms with Gasteiger partial charge >= 0.3 is 0 Å². The van der Waals surface area contributed by atoms with Crippen LogP contribution in [0.2, 0.25) is 0 Å². The van der Waals surface area contributed by atoms with E-state index in [0.717, 1.165) is 38.5 Å². The second-order valence-electron chi connectivity index (χ2n) is 8.47. The molecule has 1 aromatic rings. The van der Waals surface area contributed by atoms with Crippen molar-refractivity contribution in [2.45, 2.75) is 51.4 Å². The summed E-state index contributed by atoms with van der Waals surface area (Å²) in [5.74, 6) is 2.95. The molecule has 0 aromatic carbocycles. The summed E-state index contributed by atoms with van der Waals surface area (Å²) in [5, 5.41) is 4.03. The van der Waals surface area contributed by atoms with Gasteiger partial charge in [0.05, 0.1) is 12.5 Å². The summed E-state index contributed by atoms with van der Waals surface area (Å²) in [6.07, 6.45) is 5.66. The summed E-state index contributed by atoms with van der Waals surface area (Å²) in [6, 6.07) is 0. The molecular formula is C20H30N4O4. The summed E-state index contributed by atoms with van der Waals surface area (Å²) in [4.78, 5) is 32.1. The predicted octanol–water partition coefficient (Wildman–Crippen LogP) is 1.61. The number of carbonyl (C=O) groups is 2. The predicted molar refractivity (Wildman–Crippen MR) is 100 cm³/mol. The van der Waals surface area contributed by atoms with E-state index >= 15 is 0 Å². The maximum absolute atomic E-state index is 12.5. The average Bonchev–Trinajstić information content (AvgIpc) is 3.35. The molecule has 8 nitrogen and oxygen atoms in total. The number of ether oxygens (including phenoxy) is 1. The van der Waals surface area contributed by atoms with Crippen molar-refractivity contribution in [3.05, 3.63) is 11.7 Å². The monoisotopic (exact) mass is 390 g/mol. The Bertz CT molecular complexity index is 688. The number of carbonyl (C=O) groups excluding carboxylic acids is 2. The van der Waals surface area contributed by atoms with Crippen molar-refractivity contribution in [1.29, 1.82) is 0 Å². The Kier molecular flexibility index (Phi) is 5.94. The van der Waals surface area contributed by atoms with Crippen LogP contribution < -0.4 is 0 Å².